The van der Waals surface area contributed by atoms with Crippen molar-refractivity contribution in [2.75, 3.05) is 13.7 Å². The van der Waals surface area contributed by atoms with Gasteiger partial charge in [-0.2, -0.15) is 0 Å². The zero-order valence-electron chi connectivity index (χ0n) is 15.2. The van der Waals surface area contributed by atoms with Gasteiger partial charge in [-0.1, -0.05) is 19.8 Å². The van der Waals surface area contributed by atoms with Gasteiger partial charge in [0.25, 0.3) is 0 Å². The SMILES string of the molecule is CCCC[C@@]12CC[C@@H]([C@H]3CC(=O)O[C@H]3[C@@H]1COC(C)=O)N2C(=O)OC. The number of rotatable bonds is 5. The van der Waals surface area contributed by atoms with Crippen molar-refractivity contribution in [1.29, 1.82) is 0 Å². The molecule has 0 saturated carbocycles. The maximum absolute atomic E-state index is 12.6. The average Bonchev–Trinajstić information content (AvgIpc) is 3.11. The van der Waals surface area contributed by atoms with Crippen LogP contribution in [0.2, 0.25) is 0 Å². The lowest BCUT2D eigenvalue weighted by Gasteiger charge is -2.52. The first-order valence-corrected chi connectivity index (χ1v) is 9.14. The van der Waals surface area contributed by atoms with Crippen LogP contribution in [-0.4, -0.2) is 54.3 Å². The van der Waals surface area contributed by atoms with E-state index in [2.05, 4.69) is 6.92 Å². The monoisotopic (exact) mass is 353 g/mol. The summed E-state index contributed by atoms with van der Waals surface area (Å²) in [5.41, 5.74) is -0.477. The lowest BCUT2D eigenvalue weighted by atomic mass is 9.70. The van der Waals surface area contributed by atoms with Crippen molar-refractivity contribution in [3.63, 3.8) is 0 Å². The molecule has 3 aliphatic rings. The molecule has 0 aromatic rings. The molecule has 7 heteroatoms. The molecule has 0 radical (unpaired) electrons. The van der Waals surface area contributed by atoms with Crippen LogP contribution < -0.4 is 0 Å². The molecule has 3 fully saturated rings. The van der Waals surface area contributed by atoms with Crippen LogP contribution in [0.15, 0.2) is 0 Å². The van der Waals surface area contributed by atoms with E-state index in [4.69, 9.17) is 14.2 Å². The van der Waals surface area contributed by atoms with Crippen molar-refractivity contribution in [1.82, 2.24) is 4.90 Å². The van der Waals surface area contributed by atoms with Crippen molar-refractivity contribution in [3.05, 3.63) is 0 Å². The number of unbranched alkanes of at least 4 members (excludes halogenated alkanes) is 1. The van der Waals surface area contributed by atoms with Gasteiger partial charge in [0.2, 0.25) is 0 Å². The van der Waals surface area contributed by atoms with Crippen molar-refractivity contribution >= 4 is 18.0 Å². The van der Waals surface area contributed by atoms with E-state index < -0.39 is 5.54 Å². The standard InChI is InChI=1S/C18H27NO6/c1-4-5-7-18-8-6-14(19(18)17(22)23-3)12-9-15(21)25-16(12)13(18)10-24-11(2)20/h12-14,16H,4-10H2,1-3H3/t12-,13+,14+,16-,18-/m1/s1. The Morgan fingerprint density at radius 1 is 1.40 bits per heavy atom. The van der Waals surface area contributed by atoms with Crippen molar-refractivity contribution in [2.24, 2.45) is 11.8 Å². The first-order valence-electron chi connectivity index (χ1n) is 9.14. The van der Waals surface area contributed by atoms with Gasteiger partial charge < -0.3 is 14.2 Å². The van der Waals surface area contributed by atoms with E-state index in [1.165, 1.54) is 14.0 Å². The third kappa shape index (κ3) is 2.87. The number of ether oxygens (including phenoxy) is 3. The Bertz CT molecular complexity index is 564. The molecule has 0 unspecified atom stereocenters. The fraction of sp³-hybridized carbons (Fsp3) is 0.833. The summed E-state index contributed by atoms with van der Waals surface area (Å²) < 4.78 is 16.1. The topological polar surface area (TPSA) is 82.1 Å². The third-order valence-electron chi connectivity index (χ3n) is 6.16. The molecule has 2 bridgehead atoms. The minimum absolute atomic E-state index is 0.0469. The summed E-state index contributed by atoms with van der Waals surface area (Å²) in [5, 5.41) is 0. The largest absolute Gasteiger partial charge is 0.465 e. The molecule has 3 rings (SSSR count). The second-order valence-corrected chi connectivity index (χ2v) is 7.38. The molecule has 0 spiro atoms. The molecule has 5 atom stereocenters. The summed E-state index contributed by atoms with van der Waals surface area (Å²) in [6.07, 6.45) is 4.04. The number of carbonyl (C=O) groups is 3. The van der Waals surface area contributed by atoms with Gasteiger partial charge in [-0.15, -0.1) is 0 Å². The zero-order valence-corrected chi connectivity index (χ0v) is 15.2. The minimum atomic E-state index is -0.477. The molecule has 0 N–H and O–H groups in total. The van der Waals surface area contributed by atoms with E-state index in [0.717, 1.165) is 32.1 Å². The van der Waals surface area contributed by atoms with Gasteiger partial charge in [-0.25, -0.2) is 4.79 Å². The van der Waals surface area contributed by atoms with Gasteiger partial charge in [0.1, 0.15) is 6.10 Å². The number of carbonyl (C=O) groups excluding carboxylic acids is 3. The average molecular weight is 353 g/mol. The van der Waals surface area contributed by atoms with Gasteiger partial charge in [-0.3, -0.25) is 14.5 Å². The number of hydrogen-bond acceptors (Lipinski definition) is 6. The fourth-order valence-electron chi connectivity index (χ4n) is 5.17. The fourth-order valence-corrected chi connectivity index (χ4v) is 5.17. The highest BCUT2D eigenvalue weighted by Gasteiger charge is 2.66. The number of hydrogen-bond donors (Lipinski definition) is 0. The van der Waals surface area contributed by atoms with Gasteiger partial charge in [0.15, 0.2) is 0 Å². The Morgan fingerprint density at radius 2 is 2.16 bits per heavy atom. The molecule has 140 valence electrons. The summed E-state index contributed by atoms with van der Waals surface area (Å²) in [6, 6.07) is -0.0469. The Hall–Kier alpha value is -1.79. The zero-order chi connectivity index (χ0) is 18.2. The predicted octanol–water partition coefficient (Wildman–Crippen LogP) is 2.27. The number of amides is 1. The van der Waals surface area contributed by atoms with Crippen LogP contribution in [0.3, 0.4) is 0 Å². The summed E-state index contributed by atoms with van der Waals surface area (Å²) in [4.78, 5) is 37.8. The Kier molecular flexibility index (Phi) is 4.93. The van der Waals surface area contributed by atoms with Gasteiger partial charge in [-0.05, 0) is 19.3 Å². The molecular weight excluding hydrogens is 326 g/mol. The maximum atomic E-state index is 12.6. The van der Waals surface area contributed by atoms with Crippen molar-refractivity contribution in [2.45, 2.75) is 70.1 Å². The number of fused-ring (bicyclic) bond motifs is 4. The van der Waals surface area contributed by atoms with Crippen LogP contribution in [0, 0.1) is 11.8 Å². The number of piperidine rings is 1. The number of esters is 2. The Labute approximate surface area is 148 Å². The van der Waals surface area contributed by atoms with Crippen LogP contribution in [0.4, 0.5) is 4.79 Å². The quantitative estimate of drug-likeness (QED) is 0.557. The lowest BCUT2D eigenvalue weighted by molar-refractivity contribution is -0.159. The smallest absolute Gasteiger partial charge is 0.410 e. The maximum Gasteiger partial charge on any atom is 0.410 e. The molecular formula is C18H27NO6. The molecule has 3 heterocycles. The Morgan fingerprint density at radius 3 is 2.80 bits per heavy atom. The van der Waals surface area contributed by atoms with Crippen LogP contribution in [0.1, 0.15) is 52.4 Å². The number of nitrogens with zero attached hydrogens (tertiary/aromatic N) is 1. The van der Waals surface area contributed by atoms with Gasteiger partial charge in [0.05, 0.1) is 31.6 Å². The van der Waals surface area contributed by atoms with E-state index in [-0.39, 0.29) is 48.6 Å². The van der Waals surface area contributed by atoms with Crippen LogP contribution >= 0.6 is 0 Å². The Balaban J connectivity index is 2.00. The van der Waals surface area contributed by atoms with Crippen molar-refractivity contribution < 1.29 is 28.6 Å². The highest BCUT2D eigenvalue weighted by Crippen LogP contribution is 2.56. The summed E-state index contributed by atoms with van der Waals surface area (Å²) in [6.45, 7) is 3.64. The molecule has 3 saturated heterocycles. The lowest BCUT2D eigenvalue weighted by Crippen LogP contribution is -2.65. The normalized spacial score (nSPS) is 36.0. The second kappa shape index (κ2) is 6.84. The first-order chi connectivity index (χ1) is 11.9. The summed E-state index contributed by atoms with van der Waals surface area (Å²) in [7, 11) is 1.39. The molecule has 7 nitrogen and oxygen atoms in total. The van der Waals surface area contributed by atoms with E-state index in [1.54, 1.807) is 0 Å². The molecule has 3 aliphatic heterocycles. The highest BCUT2D eigenvalue weighted by molar-refractivity contribution is 5.75. The highest BCUT2D eigenvalue weighted by atomic mass is 16.6. The summed E-state index contributed by atoms with van der Waals surface area (Å²) in [5.74, 6) is -0.858. The van der Waals surface area contributed by atoms with E-state index >= 15 is 0 Å². The van der Waals surface area contributed by atoms with Crippen LogP contribution in [-0.2, 0) is 23.8 Å². The van der Waals surface area contributed by atoms with Crippen LogP contribution in [0.5, 0.6) is 0 Å². The summed E-state index contributed by atoms with van der Waals surface area (Å²) >= 11 is 0. The van der Waals surface area contributed by atoms with E-state index in [0.29, 0.717) is 6.42 Å². The van der Waals surface area contributed by atoms with Crippen molar-refractivity contribution in [3.8, 4) is 0 Å². The minimum Gasteiger partial charge on any atom is -0.465 e. The molecule has 1 amide bonds. The third-order valence-corrected chi connectivity index (χ3v) is 6.16. The molecule has 25 heavy (non-hydrogen) atoms. The molecule has 0 aromatic heterocycles. The van der Waals surface area contributed by atoms with Gasteiger partial charge >= 0.3 is 18.0 Å². The van der Waals surface area contributed by atoms with Crippen LogP contribution in [0.25, 0.3) is 0 Å². The number of methoxy groups -OCH3 is 1. The van der Waals surface area contributed by atoms with E-state index in [1.807, 2.05) is 4.90 Å². The molecule has 0 aromatic carbocycles. The predicted molar refractivity (Wildman–Crippen MR) is 87.6 cm³/mol. The first kappa shape index (κ1) is 18.0. The van der Waals surface area contributed by atoms with E-state index in [9.17, 15) is 14.4 Å². The second-order valence-electron chi connectivity index (χ2n) is 7.38. The van der Waals surface area contributed by atoms with Gasteiger partial charge in [0, 0.05) is 18.9 Å². The molecule has 0 aliphatic carbocycles.